The van der Waals surface area contributed by atoms with Gasteiger partial charge in [0.25, 0.3) is 0 Å². The van der Waals surface area contributed by atoms with E-state index in [4.69, 9.17) is 0 Å². The van der Waals surface area contributed by atoms with Crippen LogP contribution in [-0.4, -0.2) is 36.2 Å². The monoisotopic (exact) mass is 450 g/mol. The van der Waals surface area contributed by atoms with Gasteiger partial charge in [-0.25, -0.2) is 4.39 Å². The summed E-state index contributed by atoms with van der Waals surface area (Å²) >= 11 is 1.26. The van der Waals surface area contributed by atoms with Gasteiger partial charge in [-0.15, -0.1) is 10.2 Å². The SMILES string of the molecule is Cc1nn(C)c(C)c1NC(=O)CSc1nnc(-c2ccccc2F)n1Cc1ccccc1. The maximum absolute atomic E-state index is 14.5. The lowest BCUT2D eigenvalue weighted by atomic mass is 10.2. The largest absolute Gasteiger partial charge is 0.322 e. The smallest absolute Gasteiger partial charge is 0.234 e. The summed E-state index contributed by atoms with van der Waals surface area (Å²) in [6.07, 6.45) is 0. The van der Waals surface area contributed by atoms with Crippen LogP contribution in [0.2, 0.25) is 0 Å². The number of anilines is 1. The first-order valence-electron chi connectivity index (χ1n) is 10.1. The van der Waals surface area contributed by atoms with Crippen LogP contribution in [0.1, 0.15) is 17.0 Å². The van der Waals surface area contributed by atoms with Gasteiger partial charge in [0, 0.05) is 7.05 Å². The summed E-state index contributed by atoms with van der Waals surface area (Å²) in [5.41, 5.74) is 3.76. The van der Waals surface area contributed by atoms with Crippen molar-refractivity contribution >= 4 is 23.4 Å². The van der Waals surface area contributed by atoms with Gasteiger partial charge in [-0.05, 0) is 31.5 Å². The second-order valence-corrected chi connectivity index (χ2v) is 8.31. The third-order valence-corrected chi connectivity index (χ3v) is 6.09. The highest BCUT2D eigenvalue weighted by molar-refractivity contribution is 7.99. The lowest BCUT2D eigenvalue weighted by Crippen LogP contribution is -2.16. The van der Waals surface area contributed by atoms with E-state index in [0.717, 1.165) is 22.6 Å². The van der Waals surface area contributed by atoms with Gasteiger partial charge in [-0.3, -0.25) is 14.0 Å². The Balaban J connectivity index is 1.58. The zero-order valence-electron chi connectivity index (χ0n) is 18.0. The van der Waals surface area contributed by atoms with Crippen molar-refractivity contribution in [1.82, 2.24) is 24.5 Å². The molecule has 0 atom stereocenters. The molecule has 0 spiro atoms. The molecule has 1 N–H and O–H groups in total. The first-order chi connectivity index (χ1) is 15.4. The number of nitrogens with zero attached hydrogens (tertiary/aromatic N) is 5. The molecule has 32 heavy (non-hydrogen) atoms. The second kappa shape index (κ2) is 9.35. The molecule has 2 heterocycles. The van der Waals surface area contributed by atoms with E-state index < -0.39 is 0 Å². The van der Waals surface area contributed by atoms with Crippen LogP contribution in [0, 0.1) is 19.7 Å². The molecule has 164 valence electrons. The van der Waals surface area contributed by atoms with E-state index in [9.17, 15) is 9.18 Å². The Kier molecular flexibility index (Phi) is 6.36. The number of rotatable bonds is 7. The summed E-state index contributed by atoms with van der Waals surface area (Å²) in [6.45, 7) is 4.22. The van der Waals surface area contributed by atoms with Crippen LogP contribution in [0.15, 0.2) is 59.8 Å². The van der Waals surface area contributed by atoms with Gasteiger partial charge >= 0.3 is 0 Å². The number of hydrogen-bond acceptors (Lipinski definition) is 5. The molecule has 9 heteroatoms. The molecule has 1 amide bonds. The number of hydrogen-bond donors (Lipinski definition) is 1. The molecule has 0 saturated heterocycles. The average molecular weight is 451 g/mol. The van der Waals surface area contributed by atoms with Crippen molar-refractivity contribution in [3.8, 4) is 11.4 Å². The van der Waals surface area contributed by atoms with Crippen molar-refractivity contribution < 1.29 is 9.18 Å². The number of halogens is 1. The number of carbonyl (C=O) groups is 1. The van der Waals surface area contributed by atoms with Gasteiger partial charge in [0.15, 0.2) is 11.0 Å². The van der Waals surface area contributed by atoms with Crippen molar-refractivity contribution in [3.63, 3.8) is 0 Å². The van der Waals surface area contributed by atoms with Gasteiger partial charge in [-0.2, -0.15) is 5.10 Å². The van der Waals surface area contributed by atoms with Crippen LogP contribution in [0.25, 0.3) is 11.4 Å². The van der Waals surface area contributed by atoms with E-state index in [1.165, 1.54) is 17.8 Å². The molecule has 0 bridgehead atoms. The second-order valence-electron chi connectivity index (χ2n) is 7.36. The quantitative estimate of drug-likeness (QED) is 0.427. The third kappa shape index (κ3) is 4.57. The Labute approximate surface area is 189 Å². The molecule has 4 aromatic rings. The highest BCUT2D eigenvalue weighted by Gasteiger charge is 2.19. The first-order valence-corrected chi connectivity index (χ1v) is 11.1. The fourth-order valence-corrected chi connectivity index (χ4v) is 4.14. The fraction of sp³-hybridized carbons (Fsp3) is 0.217. The van der Waals surface area contributed by atoms with Crippen LogP contribution in [0.3, 0.4) is 0 Å². The van der Waals surface area contributed by atoms with Crippen LogP contribution in [-0.2, 0) is 18.4 Å². The molecule has 0 fully saturated rings. The van der Waals surface area contributed by atoms with E-state index in [1.54, 1.807) is 22.9 Å². The minimum Gasteiger partial charge on any atom is -0.322 e. The number of carbonyl (C=O) groups excluding carboxylic acids is 1. The number of thioether (sulfide) groups is 1. The molecule has 4 rings (SSSR count). The normalized spacial score (nSPS) is 11.0. The first kappa shape index (κ1) is 21.8. The summed E-state index contributed by atoms with van der Waals surface area (Å²) in [4.78, 5) is 12.6. The van der Waals surface area contributed by atoms with Gasteiger partial charge in [-0.1, -0.05) is 54.2 Å². The molecule has 0 unspecified atom stereocenters. The van der Waals surface area contributed by atoms with Gasteiger partial charge in [0.05, 0.1) is 34.9 Å². The molecule has 7 nitrogen and oxygen atoms in total. The van der Waals surface area contributed by atoms with Crippen molar-refractivity contribution in [3.05, 3.63) is 77.4 Å². The highest BCUT2D eigenvalue weighted by Crippen LogP contribution is 2.27. The van der Waals surface area contributed by atoms with Gasteiger partial charge in [0.2, 0.25) is 5.91 Å². The summed E-state index contributed by atoms with van der Waals surface area (Å²) in [5.74, 6) is 0.0218. The van der Waals surface area contributed by atoms with Gasteiger partial charge in [0.1, 0.15) is 5.82 Å². The topological polar surface area (TPSA) is 77.6 Å². The number of benzene rings is 2. The molecule has 0 radical (unpaired) electrons. The highest BCUT2D eigenvalue weighted by atomic mass is 32.2. The van der Waals surface area contributed by atoms with Crippen LogP contribution < -0.4 is 5.32 Å². The van der Waals surface area contributed by atoms with Crippen molar-refractivity contribution in [1.29, 1.82) is 0 Å². The number of amides is 1. The number of aromatic nitrogens is 5. The molecule has 0 aliphatic carbocycles. The van der Waals surface area contributed by atoms with Gasteiger partial charge < -0.3 is 5.32 Å². The molecule has 0 aliphatic heterocycles. The Hall–Kier alpha value is -3.46. The Morgan fingerprint density at radius 1 is 1.06 bits per heavy atom. The predicted molar refractivity (Wildman–Crippen MR) is 123 cm³/mol. The Morgan fingerprint density at radius 2 is 1.78 bits per heavy atom. The van der Waals surface area contributed by atoms with Crippen LogP contribution in [0.5, 0.6) is 0 Å². The average Bonchev–Trinajstić information content (AvgIpc) is 3.28. The maximum Gasteiger partial charge on any atom is 0.234 e. The third-order valence-electron chi connectivity index (χ3n) is 5.12. The lowest BCUT2D eigenvalue weighted by Gasteiger charge is -2.11. The number of nitrogens with one attached hydrogen (secondary N) is 1. The predicted octanol–water partition coefficient (Wildman–Crippen LogP) is 4.21. The van der Waals surface area contributed by atoms with Crippen LogP contribution in [0.4, 0.5) is 10.1 Å². The van der Waals surface area contributed by atoms with Crippen molar-refractivity contribution in [2.24, 2.45) is 7.05 Å². The summed E-state index contributed by atoms with van der Waals surface area (Å²) in [7, 11) is 1.84. The Bertz CT molecular complexity index is 1250. The van der Waals surface area contributed by atoms with Crippen molar-refractivity contribution in [2.75, 3.05) is 11.1 Å². The fourth-order valence-electron chi connectivity index (χ4n) is 3.41. The van der Waals surface area contributed by atoms with E-state index in [0.29, 0.717) is 23.1 Å². The molecule has 0 aliphatic rings. The Morgan fingerprint density at radius 3 is 2.47 bits per heavy atom. The summed E-state index contributed by atoms with van der Waals surface area (Å²) in [6, 6.07) is 16.3. The molecular weight excluding hydrogens is 427 g/mol. The molecule has 2 aromatic carbocycles. The zero-order valence-corrected chi connectivity index (χ0v) is 18.9. The summed E-state index contributed by atoms with van der Waals surface area (Å²) < 4.78 is 18.0. The molecule has 0 saturated carbocycles. The van der Waals surface area contributed by atoms with Crippen molar-refractivity contribution in [2.45, 2.75) is 25.5 Å². The minimum absolute atomic E-state index is 0.137. The summed E-state index contributed by atoms with van der Waals surface area (Å²) in [5, 5.41) is 16.3. The lowest BCUT2D eigenvalue weighted by molar-refractivity contribution is -0.113. The molecule has 2 aromatic heterocycles. The van der Waals surface area contributed by atoms with Crippen LogP contribution >= 0.6 is 11.8 Å². The maximum atomic E-state index is 14.5. The van der Waals surface area contributed by atoms with E-state index >= 15 is 0 Å². The van der Waals surface area contributed by atoms with E-state index in [-0.39, 0.29) is 17.5 Å². The zero-order chi connectivity index (χ0) is 22.7. The van der Waals surface area contributed by atoms with E-state index in [1.807, 2.05) is 55.8 Å². The number of aryl methyl sites for hydroxylation is 2. The van der Waals surface area contributed by atoms with E-state index in [2.05, 4.69) is 20.6 Å². The minimum atomic E-state index is -0.369. The molecular formula is C23H23FN6OS. The standard InChI is InChI=1S/C23H23FN6OS/c1-15-21(16(2)29(3)28-15)25-20(31)14-32-23-27-26-22(18-11-7-8-12-19(18)24)30(23)13-17-9-5-4-6-10-17/h4-12H,13-14H2,1-3H3,(H,25,31).